The van der Waals surface area contributed by atoms with Crippen LogP contribution in [0.4, 0.5) is 0 Å². The fourth-order valence-corrected chi connectivity index (χ4v) is 9.20. The number of rotatable bonds is 10. The smallest absolute Gasteiger partial charge is 0.212 e. The largest absolute Gasteiger partial charge is 0.717 e. The number of hydrogen-bond donors (Lipinski definition) is 0. The highest BCUT2D eigenvalue weighted by molar-refractivity contribution is 8.54. The molecule has 0 fully saturated rings. The van der Waals surface area contributed by atoms with E-state index in [4.69, 9.17) is 0 Å². The van der Waals surface area contributed by atoms with Crippen LogP contribution in [0.25, 0.3) is 0 Å². The van der Waals surface area contributed by atoms with E-state index in [9.17, 15) is 13.0 Å². The van der Waals surface area contributed by atoms with E-state index in [0.717, 1.165) is 38.5 Å². The van der Waals surface area contributed by atoms with Crippen LogP contribution in [0, 0.1) is 0 Å². The van der Waals surface area contributed by atoms with Crippen molar-refractivity contribution in [3.05, 3.63) is 0 Å². The summed E-state index contributed by atoms with van der Waals surface area (Å²) in [5.41, 5.74) is 0. The number of unbranched alkanes of at least 4 members (excludes halogenated alkanes) is 3. The van der Waals surface area contributed by atoms with Crippen molar-refractivity contribution in [2.24, 2.45) is 0 Å². The molecule has 0 amide bonds. The Hall–Kier alpha value is 0.340. The molecule has 0 aromatic heterocycles. The van der Waals surface area contributed by atoms with Crippen LogP contribution in [0.2, 0.25) is 0 Å². The maximum Gasteiger partial charge on any atom is 0.212 e. The van der Waals surface area contributed by atoms with Gasteiger partial charge in [-0.2, -0.15) is 0 Å². The van der Waals surface area contributed by atoms with Crippen molar-refractivity contribution >= 4 is 16.2 Å². The molecule has 0 unspecified atom stereocenters. The third kappa shape index (κ3) is 5.67. The highest BCUT2D eigenvalue weighted by Gasteiger charge is 2.43. The van der Waals surface area contributed by atoms with Crippen LogP contribution in [0.5, 0.6) is 0 Å². The van der Waals surface area contributed by atoms with Crippen molar-refractivity contribution in [1.29, 1.82) is 0 Å². The SMILES string of the molecule is CCCC[P+](CCCC)(CCCC)S(=O)(=O)[O-]. The fraction of sp³-hybridized carbons (Fsp3) is 1.00. The third-order valence-corrected chi connectivity index (χ3v) is 12.1. The van der Waals surface area contributed by atoms with Crippen molar-refractivity contribution in [2.75, 3.05) is 18.5 Å². The summed E-state index contributed by atoms with van der Waals surface area (Å²) in [6, 6.07) is 0. The minimum absolute atomic E-state index is 0.648. The monoisotopic (exact) mass is 282 g/mol. The van der Waals surface area contributed by atoms with E-state index in [1.807, 2.05) is 20.8 Å². The summed E-state index contributed by atoms with van der Waals surface area (Å²) in [6.45, 7) is 3.83. The maximum atomic E-state index is 11.7. The van der Waals surface area contributed by atoms with Crippen molar-refractivity contribution in [3.8, 4) is 0 Å². The molecular weight excluding hydrogens is 255 g/mol. The minimum Gasteiger partial charge on any atom is -0.717 e. The van der Waals surface area contributed by atoms with Gasteiger partial charge >= 0.3 is 0 Å². The summed E-state index contributed by atoms with van der Waals surface area (Å²) in [5, 5.41) is 0. The molecule has 0 bridgehead atoms. The second-order valence-electron chi connectivity index (χ2n) is 4.72. The molecule has 104 valence electrons. The molecule has 0 saturated heterocycles. The molecule has 0 aliphatic rings. The molecule has 0 radical (unpaired) electrons. The Labute approximate surface area is 107 Å². The van der Waals surface area contributed by atoms with Gasteiger partial charge in [-0.15, -0.1) is 0 Å². The molecule has 0 rings (SSSR count). The molecule has 0 aromatic carbocycles. The van der Waals surface area contributed by atoms with Crippen LogP contribution in [0.1, 0.15) is 59.3 Å². The first-order valence-corrected chi connectivity index (χ1v) is 11.1. The Kier molecular flexibility index (Phi) is 8.61. The van der Waals surface area contributed by atoms with E-state index in [-0.39, 0.29) is 0 Å². The molecule has 5 heteroatoms. The second-order valence-corrected chi connectivity index (χ2v) is 12.7. The van der Waals surface area contributed by atoms with Crippen molar-refractivity contribution in [3.63, 3.8) is 0 Å². The van der Waals surface area contributed by atoms with Crippen molar-refractivity contribution < 1.29 is 13.0 Å². The molecule has 0 N–H and O–H groups in total. The van der Waals surface area contributed by atoms with Gasteiger partial charge in [0.05, 0.1) is 18.5 Å². The zero-order valence-electron chi connectivity index (χ0n) is 11.4. The molecule has 0 aliphatic carbocycles. The van der Waals surface area contributed by atoms with E-state index in [0.29, 0.717) is 18.5 Å². The quantitative estimate of drug-likeness (QED) is 0.451. The highest BCUT2D eigenvalue weighted by Crippen LogP contribution is 2.65. The molecule has 17 heavy (non-hydrogen) atoms. The van der Waals surface area contributed by atoms with Gasteiger partial charge in [-0.25, -0.2) is 8.42 Å². The van der Waals surface area contributed by atoms with Crippen LogP contribution in [-0.4, -0.2) is 31.5 Å². The van der Waals surface area contributed by atoms with Crippen LogP contribution < -0.4 is 0 Å². The fourth-order valence-electron chi connectivity index (χ4n) is 2.01. The maximum absolute atomic E-state index is 11.7. The third-order valence-electron chi connectivity index (χ3n) is 3.23. The lowest BCUT2D eigenvalue weighted by Crippen LogP contribution is -2.18. The van der Waals surface area contributed by atoms with E-state index in [1.165, 1.54) is 0 Å². The topological polar surface area (TPSA) is 57.2 Å². The van der Waals surface area contributed by atoms with Crippen LogP contribution in [0.15, 0.2) is 0 Å². The van der Waals surface area contributed by atoms with Crippen molar-refractivity contribution in [2.45, 2.75) is 59.3 Å². The lowest BCUT2D eigenvalue weighted by Gasteiger charge is -2.29. The first-order chi connectivity index (χ1) is 7.93. The van der Waals surface area contributed by atoms with Gasteiger partial charge in [0.2, 0.25) is 9.74 Å². The highest BCUT2D eigenvalue weighted by atomic mass is 32.8. The zero-order valence-corrected chi connectivity index (χ0v) is 13.2. The number of hydrogen-bond acceptors (Lipinski definition) is 3. The van der Waals surface area contributed by atoms with Gasteiger partial charge in [-0.05, 0) is 19.3 Å². The minimum atomic E-state index is -4.08. The molecule has 0 aromatic rings. The first-order valence-electron chi connectivity index (χ1n) is 6.75. The Morgan fingerprint density at radius 2 is 1.12 bits per heavy atom. The van der Waals surface area contributed by atoms with E-state index in [1.54, 1.807) is 0 Å². The normalized spacial score (nSPS) is 12.9. The molecule has 0 saturated carbocycles. The summed E-state index contributed by atoms with van der Waals surface area (Å²) < 4.78 is 35.0. The summed E-state index contributed by atoms with van der Waals surface area (Å²) in [5.74, 6) is 0. The van der Waals surface area contributed by atoms with E-state index >= 15 is 0 Å². The summed E-state index contributed by atoms with van der Waals surface area (Å²) >= 11 is 0. The van der Waals surface area contributed by atoms with Crippen LogP contribution >= 0.6 is 6.46 Å². The van der Waals surface area contributed by atoms with Crippen LogP contribution in [-0.2, 0) is 9.74 Å². The predicted octanol–water partition coefficient (Wildman–Crippen LogP) is 3.86. The lowest BCUT2D eigenvalue weighted by molar-refractivity contribution is 0.479. The van der Waals surface area contributed by atoms with Crippen LogP contribution in [0.3, 0.4) is 0 Å². The second kappa shape index (κ2) is 8.44. The first kappa shape index (κ1) is 17.3. The molecule has 0 spiro atoms. The molecular formula is C12H27O3PS. The average Bonchev–Trinajstić information content (AvgIpc) is 2.27. The van der Waals surface area contributed by atoms with Gasteiger partial charge in [0, 0.05) is 0 Å². The molecule has 0 atom stereocenters. The summed E-state index contributed by atoms with van der Waals surface area (Å²) in [4.78, 5) is 0. The van der Waals surface area contributed by atoms with E-state index in [2.05, 4.69) is 0 Å². The summed E-state index contributed by atoms with van der Waals surface area (Å²) in [7, 11) is -4.08. The predicted molar refractivity (Wildman–Crippen MR) is 75.9 cm³/mol. The van der Waals surface area contributed by atoms with Crippen molar-refractivity contribution in [1.82, 2.24) is 0 Å². The van der Waals surface area contributed by atoms with Gasteiger partial charge in [0.15, 0.2) is 0 Å². The van der Waals surface area contributed by atoms with Gasteiger partial charge in [0.1, 0.15) is 6.46 Å². The lowest BCUT2D eigenvalue weighted by atomic mass is 10.4. The average molecular weight is 282 g/mol. The van der Waals surface area contributed by atoms with Gasteiger partial charge in [-0.1, -0.05) is 40.0 Å². The van der Waals surface area contributed by atoms with Gasteiger partial charge in [0.25, 0.3) is 0 Å². The summed E-state index contributed by atoms with van der Waals surface area (Å²) in [6.07, 6.45) is 7.48. The van der Waals surface area contributed by atoms with Gasteiger partial charge in [-0.3, -0.25) is 0 Å². The van der Waals surface area contributed by atoms with E-state index < -0.39 is 16.2 Å². The Morgan fingerprint density at radius 3 is 1.29 bits per heavy atom. The Bertz CT molecular complexity index is 266. The van der Waals surface area contributed by atoms with Gasteiger partial charge < -0.3 is 4.55 Å². The Morgan fingerprint density at radius 1 is 0.824 bits per heavy atom. The molecule has 0 aliphatic heterocycles. The standard InChI is InChI=1S/C12H27O3PS/c1-4-7-10-16(11-8-5-2,12-9-6-3)17(13,14)15/h4-12H2,1-3H3. The molecule has 3 nitrogen and oxygen atoms in total. The molecule has 0 heterocycles. The zero-order chi connectivity index (χ0) is 13.4. The Balaban J connectivity index is 4.92.